The molecule has 1 unspecified atom stereocenters. The number of likely N-dealkylation sites (tertiary alicyclic amines) is 1. The third-order valence-electron chi connectivity index (χ3n) is 3.53. The van der Waals surface area contributed by atoms with E-state index < -0.39 is 5.82 Å². The molecule has 104 valence electrons. The Morgan fingerprint density at radius 1 is 1.47 bits per heavy atom. The third kappa shape index (κ3) is 3.23. The fraction of sp³-hybridized carbons (Fsp3) is 0.500. The van der Waals surface area contributed by atoms with Crippen LogP contribution in [0.25, 0.3) is 0 Å². The van der Waals surface area contributed by atoms with Crippen LogP contribution in [-0.2, 0) is 0 Å². The van der Waals surface area contributed by atoms with Crippen molar-refractivity contribution in [2.24, 2.45) is 5.92 Å². The monoisotopic (exact) mass is 267 g/mol. The lowest BCUT2D eigenvalue weighted by Crippen LogP contribution is -2.40. The smallest absolute Gasteiger partial charge is 0.257 e. The Hall–Kier alpha value is -1.62. The van der Waals surface area contributed by atoms with Crippen LogP contribution in [-0.4, -0.2) is 40.7 Å². The summed E-state index contributed by atoms with van der Waals surface area (Å²) in [6.07, 6.45) is 2.57. The minimum atomic E-state index is -0.564. The molecule has 0 aromatic heterocycles. The topological polar surface area (TPSA) is 60.8 Å². The average molecular weight is 267 g/mol. The van der Waals surface area contributed by atoms with Crippen LogP contribution in [0.2, 0.25) is 0 Å². The SMILES string of the molecule is O=C(c1ccc(F)cc1O)N1CCCC(CCO)C1. The van der Waals surface area contributed by atoms with Crippen LogP contribution in [0.4, 0.5) is 4.39 Å². The number of carbonyl (C=O) groups excluding carboxylic acids is 1. The maximum absolute atomic E-state index is 12.9. The van der Waals surface area contributed by atoms with Gasteiger partial charge >= 0.3 is 0 Å². The molecule has 19 heavy (non-hydrogen) atoms. The van der Waals surface area contributed by atoms with Gasteiger partial charge in [-0.1, -0.05) is 0 Å². The Kier molecular flexibility index (Phi) is 4.37. The van der Waals surface area contributed by atoms with E-state index in [-0.39, 0.29) is 23.8 Å². The van der Waals surface area contributed by atoms with Crippen molar-refractivity contribution < 1.29 is 19.4 Å². The van der Waals surface area contributed by atoms with Gasteiger partial charge < -0.3 is 15.1 Å². The van der Waals surface area contributed by atoms with Gasteiger partial charge in [-0.25, -0.2) is 4.39 Å². The number of aromatic hydroxyl groups is 1. The molecule has 1 amide bonds. The number of amides is 1. The van der Waals surface area contributed by atoms with Gasteiger partial charge in [-0.3, -0.25) is 4.79 Å². The quantitative estimate of drug-likeness (QED) is 0.877. The van der Waals surface area contributed by atoms with E-state index in [1.165, 1.54) is 12.1 Å². The fourth-order valence-corrected chi connectivity index (χ4v) is 2.52. The number of halogens is 1. The van der Waals surface area contributed by atoms with E-state index in [0.29, 0.717) is 25.4 Å². The molecule has 0 radical (unpaired) electrons. The number of phenols is 1. The molecule has 4 nitrogen and oxygen atoms in total. The molecule has 2 N–H and O–H groups in total. The van der Waals surface area contributed by atoms with Crippen LogP contribution in [0.5, 0.6) is 5.75 Å². The highest BCUT2D eigenvalue weighted by Crippen LogP contribution is 2.24. The Bertz CT molecular complexity index is 462. The fourth-order valence-electron chi connectivity index (χ4n) is 2.52. The van der Waals surface area contributed by atoms with Gasteiger partial charge in [-0.2, -0.15) is 0 Å². The second kappa shape index (κ2) is 6.02. The minimum absolute atomic E-state index is 0.120. The van der Waals surface area contributed by atoms with Gasteiger partial charge in [-0.05, 0) is 37.3 Å². The van der Waals surface area contributed by atoms with Crippen molar-refractivity contribution in [2.75, 3.05) is 19.7 Å². The molecule has 2 rings (SSSR count). The van der Waals surface area contributed by atoms with Crippen molar-refractivity contribution in [3.63, 3.8) is 0 Å². The van der Waals surface area contributed by atoms with E-state index in [2.05, 4.69) is 0 Å². The van der Waals surface area contributed by atoms with Crippen LogP contribution in [0.3, 0.4) is 0 Å². The molecular formula is C14H18FNO3. The predicted octanol–water partition coefficient (Wildman–Crippen LogP) is 1.77. The number of rotatable bonds is 3. The summed E-state index contributed by atoms with van der Waals surface area (Å²) in [6, 6.07) is 3.42. The molecule has 1 aliphatic rings. The number of carbonyl (C=O) groups is 1. The zero-order chi connectivity index (χ0) is 13.8. The predicted molar refractivity (Wildman–Crippen MR) is 68.4 cm³/mol. The van der Waals surface area contributed by atoms with E-state index in [1.807, 2.05) is 0 Å². The molecule has 0 saturated carbocycles. The largest absolute Gasteiger partial charge is 0.507 e. The molecule has 5 heteroatoms. The van der Waals surface area contributed by atoms with Gasteiger partial charge in [-0.15, -0.1) is 0 Å². The molecule has 0 aliphatic carbocycles. The highest BCUT2D eigenvalue weighted by molar-refractivity contribution is 5.96. The van der Waals surface area contributed by atoms with Crippen molar-refractivity contribution in [1.82, 2.24) is 4.90 Å². The zero-order valence-electron chi connectivity index (χ0n) is 10.7. The van der Waals surface area contributed by atoms with E-state index in [1.54, 1.807) is 4.90 Å². The second-order valence-corrected chi connectivity index (χ2v) is 4.93. The molecule has 1 aliphatic heterocycles. The van der Waals surface area contributed by atoms with Crippen LogP contribution in [0.1, 0.15) is 29.6 Å². The minimum Gasteiger partial charge on any atom is -0.507 e. The Morgan fingerprint density at radius 2 is 2.26 bits per heavy atom. The molecule has 1 aromatic rings. The van der Waals surface area contributed by atoms with E-state index in [9.17, 15) is 14.3 Å². The number of phenolic OH excluding ortho intramolecular Hbond substituents is 1. The van der Waals surface area contributed by atoms with Crippen LogP contribution in [0, 0.1) is 11.7 Å². The molecule has 1 atom stereocenters. The van der Waals surface area contributed by atoms with Gasteiger partial charge in [0.1, 0.15) is 11.6 Å². The number of aliphatic hydroxyl groups is 1. The third-order valence-corrected chi connectivity index (χ3v) is 3.53. The normalized spacial score (nSPS) is 19.5. The zero-order valence-corrected chi connectivity index (χ0v) is 10.7. The van der Waals surface area contributed by atoms with Gasteiger partial charge in [0, 0.05) is 25.8 Å². The maximum Gasteiger partial charge on any atom is 0.257 e. The van der Waals surface area contributed by atoms with Crippen molar-refractivity contribution in [2.45, 2.75) is 19.3 Å². The Balaban J connectivity index is 2.10. The molecule has 1 aromatic carbocycles. The average Bonchev–Trinajstić information content (AvgIpc) is 2.39. The highest BCUT2D eigenvalue weighted by Gasteiger charge is 2.25. The Labute approximate surface area is 111 Å². The standard InChI is InChI=1S/C14H18FNO3/c15-11-3-4-12(13(18)8-11)14(19)16-6-1-2-10(9-16)5-7-17/h3-4,8,10,17-18H,1-2,5-7,9H2. The highest BCUT2D eigenvalue weighted by atomic mass is 19.1. The van der Waals surface area contributed by atoms with Crippen molar-refractivity contribution >= 4 is 5.91 Å². The van der Waals surface area contributed by atoms with Gasteiger partial charge in [0.15, 0.2) is 0 Å². The number of piperidine rings is 1. The first-order chi connectivity index (χ1) is 9.11. The molecule has 1 saturated heterocycles. The van der Waals surface area contributed by atoms with Crippen molar-refractivity contribution in [3.8, 4) is 5.75 Å². The summed E-state index contributed by atoms with van der Waals surface area (Å²) in [5, 5.41) is 18.6. The summed E-state index contributed by atoms with van der Waals surface area (Å²) < 4.78 is 12.9. The number of benzene rings is 1. The van der Waals surface area contributed by atoms with E-state index in [0.717, 1.165) is 18.9 Å². The van der Waals surface area contributed by atoms with Crippen LogP contribution in [0.15, 0.2) is 18.2 Å². The summed E-state index contributed by atoms with van der Waals surface area (Å²) in [7, 11) is 0. The van der Waals surface area contributed by atoms with Crippen LogP contribution < -0.4 is 0 Å². The molecule has 1 heterocycles. The first kappa shape index (κ1) is 13.8. The Morgan fingerprint density at radius 3 is 2.95 bits per heavy atom. The summed E-state index contributed by atoms with van der Waals surface area (Å²) in [5.41, 5.74) is 0.131. The second-order valence-electron chi connectivity index (χ2n) is 4.93. The summed E-state index contributed by atoms with van der Waals surface area (Å²) in [5.74, 6) is -0.870. The summed E-state index contributed by atoms with van der Waals surface area (Å²) >= 11 is 0. The van der Waals surface area contributed by atoms with E-state index >= 15 is 0 Å². The molecule has 0 spiro atoms. The molecule has 1 fully saturated rings. The summed E-state index contributed by atoms with van der Waals surface area (Å²) in [6.45, 7) is 1.34. The number of aliphatic hydroxyl groups excluding tert-OH is 1. The molecule has 0 bridgehead atoms. The van der Waals surface area contributed by atoms with Crippen molar-refractivity contribution in [1.29, 1.82) is 0 Å². The number of hydrogen-bond donors (Lipinski definition) is 2. The first-order valence-corrected chi connectivity index (χ1v) is 6.50. The summed E-state index contributed by atoms with van der Waals surface area (Å²) in [4.78, 5) is 13.9. The maximum atomic E-state index is 12.9. The number of nitrogens with zero attached hydrogens (tertiary/aromatic N) is 1. The lowest BCUT2D eigenvalue weighted by molar-refractivity contribution is 0.0650. The lowest BCUT2D eigenvalue weighted by Gasteiger charge is -2.32. The van der Waals surface area contributed by atoms with Gasteiger partial charge in [0.25, 0.3) is 5.91 Å². The number of hydrogen-bond acceptors (Lipinski definition) is 3. The van der Waals surface area contributed by atoms with Gasteiger partial charge in [0.2, 0.25) is 0 Å². The first-order valence-electron chi connectivity index (χ1n) is 6.50. The van der Waals surface area contributed by atoms with Crippen molar-refractivity contribution in [3.05, 3.63) is 29.6 Å². The molecular weight excluding hydrogens is 249 g/mol. The van der Waals surface area contributed by atoms with Gasteiger partial charge in [0.05, 0.1) is 5.56 Å². The van der Waals surface area contributed by atoms with Crippen LogP contribution >= 0.6 is 0 Å². The van der Waals surface area contributed by atoms with E-state index in [4.69, 9.17) is 5.11 Å². The lowest BCUT2D eigenvalue weighted by atomic mass is 9.94.